The molecule has 1 aliphatic heterocycles. The molecule has 2 N–H and O–H groups in total. The Balaban J connectivity index is 1.81. The van der Waals surface area contributed by atoms with Crippen LogP contribution in [-0.4, -0.2) is 58.3 Å². The zero-order valence-electron chi connectivity index (χ0n) is 14.5. The predicted molar refractivity (Wildman–Crippen MR) is 94.1 cm³/mol. The maximum atomic E-state index is 13.0. The molecule has 2 heterocycles. The number of hydrogen-bond donors (Lipinski definition) is 1. The Hall–Kier alpha value is -1.47. The zero-order valence-corrected chi connectivity index (χ0v) is 15.3. The zero-order chi connectivity index (χ0) is 17.3. The number of nitrogens with zero attached hydrogens (tertiary/aromatic N) is 3. The SMILES string of the molecule is CCN(CC)C(=O)[C@@H]1C[C@@H](N)CN1C(=O)c1nc2c(s1)CCCC2. The van der Waals surface area contributed by atoms with E-state index in [1.54, 1.807) is 9.80 Å². The Morgan fingerprint density at radius 3 is 2.67 bits per heavy atom. The average molecular weight is 350 g/mol. The summed E-state index contributed by atoms with van der Waals surface area (Å²) in [5.74, 6) is -0.129. The quantitative estimate of drug-likeness (QED) is 0.891. The fourth-order valence-electron chi connectivity index (χ4n) is 3.64. The van der Waals surface area contributed by atoms with Crippen LogP contribution in [0, 0.1) is 0 Å². The first-order valence-corrected chi connectivity index (χ1v) is 9.70. The number of carbonyl (C=O) groups is 2. The van der Waals surface area contributed by atoms with Crippen molar-refractivity contribution in [2.24, 2.45) is 5.73 Å². The fourth-order valence-corrected chi connectivity index (χ4v) is 4.75. The minimum absolute atomic E-state index is 0.00243. The summed E-state index contributed by atoms with van der Waals surface area (Å²) in [5, 5.41) is 0.522. The van der Waals surface area contributed by atoms with Gasteiger partial charge in [-0.3, -0.25) is 9.59 Å². The predicted octanol–water partition coefficient (Wildman–Crippen LogP) is 1.43. The Bertz CT molecular complexity index is 603. The highest BCUT2D eigenvalue weighted by molar-refractivity contribution is 7.13. The lowest BCUT2D eigenvalue weighted by molar-refractivity contribution is -0.134. The van der Waals surface area contributed by atoms with Crippen LogP contribution in [0.4, 0.5) is 0 Å². The summed E-state index contributed by atoms with van der Waals surface area (Å²) in [7, 11) is 0. The van der Waals surface area contributed by atoms with Gasteiger partial charge in [-0.15, -0.1) is 11.3 Å². The van der Waals surface area contributed by atoms with Crippen LogP contribution in [-0.2, 0) is 17.6 Å². The second-order valence-corrected chi connectivity index (χ2v) is 7.66. The number of aromatic nitrogens is 1. The summed E-state index contributed by atoms with van der Waals surface area (Å²) in [6, 6.07) is -0.596. The van der Waals surface area contributed by atoms with Crippen LogP contribution in [0.5, 0.6) is 0 Å². The highest BCUT2D eigenvalue weighted by atomic mass is 32.1. The molecule has 2 aliphatic rings. The Morgan fingerprint density at radius 1 is 1.29 bits per heavy atom. The molecular formula is C17H26N4O2S. The number of carbonyl (C=O) groups excluding carboxylic acids is 2. The number of aryl methyl sites for hydroxylation is 2. The monoisotopic (exact) mass is 350 g/mol. The maximum absolute atomic E-state index is 13.0. The van der Waals surface area contributed by atoms with Gasteiger partial charge in [0.2, 0.25) is 5.91 Å². The molecule has 1 aromatic rings. The smallest absolute Gasteiger partial charge is 0.283 e. The number of likely N-dealkylation sites (tertiary alicyclic amines) is 1. The van der Waals surface area contributed by atoms with E-state index in [0.29, 0.717) is 31.1 Å². The van der Waals surface area contributed by atoms with Gasteiger partial charge in [-0.25, -0.2) is 4.98 Å². The first-order valence-electron chi connectivity index (χ1n) is 8.89. The average Bonchev–Trinajstić information content (AvgIpc) is 3.18. The van der Waals surface area contributed by atoms with Crippen LogP contribution < -0.4 is 5.73 Å². The van der Waals surface area contributed by atoms with Crippen LogP contribution in [0.25, 0.3) is 0 Å². The molecular weight excluding hydrogens is 324 g/mol. The van der Waals surface area contributed by atoms with E-state index in [0.717, 1.165) is 25.0 Å². The fraction of sp³-hybridized carbons (Fsp3) is 0.706. The van der Waals surface area contributed by atoms with Crippen molar-refractivity contribution in [3.63, 3.8) is 0 Å². The van der Waals surface area contributed by atoms with Gasteiger partial charge in [0.25, 0.3) is 5.91 Å². The van der Waals surface area contributed by atoms with Crippen molar-refractivity contribution in [2.75, 3.05) is 19.6 Å². The lowest BCUT2D eigenvalue weighted by Gasteiger charge is -2.28. The van der Waals surface area contributed by atoms with Crippen LogP contribution in [0.2, 0.25) is 0 Å². The van der Waals surface area contributed by atoms with E-state index in [1.165, 1.54) is 22.6 Å². The van der Waals surface area contributed by atoms with E-state index >= 15 is 0 Å². The van der Waals surface area contributed by atoms with E-state index in [2.05, 4.69) is 4.98 Å². The molecule has 0 unspecified atom stereocenters. The lowest BCUT2D eigenvalue weighted by atomic mass is 10.0. The van der Waals surface area contributed by atoms with E-state index in [1.807, 2.05) is 13.8 Å². The number of likely N-dealkylation sites (N-methyl/N-ethyl adjacent to an activating group) is 1. The third-order valence-electron chi connectivity index (χ3n) is 4.98. The van der Waals surface area contributed by atoms with Gasteiger partial charge in [-0.1, -0.05) is 0 Å². The highest BCUT2D eigenvalue weighted by Gasteiger charge is 2.41. The normalized spacial score (nSPS) is 23.2. The van der Waals surface area contributed by atoms with Crippen LogP contribution in [0.3, 0.4) is 0 Å². The second kappa shape index (κ2) is 7.19. The van der Waals surface area contributed by atoms with Gasteiger partial charge < -0.3 is 15.5 Å². The van der Waals surface area contributed by atoms with Crippen LogP contribution in [0.15, 0.2) is 0 Å². The third-order valence-corrected chi connectivity index (χ3v) is 6.13. The van der Waals surface area contributed by atoms with E-state index in [9.17, 15) is 9.59 Å². The van der Waals surface area contributed by atoms with Gasteiger partial charge in [0.15, 0.2) is 5.01 Å². The molecule has 1 aromatic heterocycles. The summed E-state index contributed by atoms with van der Waals surface area (Å²) < 4.78 is 0. The van der Waals surface area contributed by atoms with Crippen molar-refractivity contribution >= 4 is 23.2 Å². The summed E-state index contributed by atoms with van der Waals surface area (Å²) >= 11 is 1.50. The van der Waals surface area contributed by atoms with E-state index < -0.39 is 6.04 Å². The van der Waals surface area contributed by atoms with Crippen molar-refractivity contribution in [1.29, 1.82) is 0 Å². The first kappa shape index (κ1) is 17.4. The first-order chi connectivity index (χ1) is 11.5. The van der Waals surface area contributed by atoms with Crippen molar-refractivity contribution < 1.29 is 9.59 Å². The van der Waals surface area contributed by atoms with Gasteiger partial charge in [0, 0.05) is 30.6 Å². The largest absolute Gasteiger partial charge is 0.341 e. The molecule has 3 rings (SSSR count). The van der Waals surface area contributed by atoms with Gasteiger partial charge >= 0.3 is 0 Å². The molecule has 1 fully saturated rings. The summed E-state index contributed by atoms with van der Waals surface area (Å²) in [5.41, 5.74) is 7.14. The van der Waals surface area contributed by atoms with Crippen LogP contribution >= 0.6 is 11.3 Å². The molecule has 2 atom stereocenters. The molecule has 0 spiro atoms. The van der Waals surface area contributed by atoms with Gasteiger partial charge in [0.05, 0.1) is 5.69 Å². The number of thiazole rings is 1. The molecule has 2 amide bonds. The molecule has 0 bridgehead atoms. The van der Waals surface area contributed by atoms with Gasteiger partial charge in [-0.2, -0.15) is 0 Å². The Morgan fingerprint density at radius 2 is 2.00 bits per heavy atom. The molecule has 7 heteroatoms. The van der Waals surface area contributed by atoms with Crippen molar-refractivity contribution in [3.05, 3.63) is 15.6 Å². The van der Waals surface area contributed by atoms with Crippen molar-refractivity contribution in [2.45, 2.75) is 58.0 Å². The molecule has 132 valence electrons. The third kappa shape index (κ3) is 3.19. The van der Waals surface area contributed by atoms with E-state index in [4.69, 9.17) is 5.73 Å². The highest BCUT2D eigenvalue weighted by Crippen LogP contribution is 2.29. The molecule has 1 saturated heterocycles. The number of rotatable bonds is 4. The molecule has 24 heavy (non-hydrogen) atoms. The topological polar surface area (TPSA) is 79.5 Å². The minimum Gasteiger partial charge on any atom is -0.341 e. The number of nitrogens with two attached hydrogens (primary N) is 1. The number of amides is 2. The number of hydrogen-bond acceptors (Lipinski definition) is 5. The van der Waals surface area contributed by atoms with Crippen molar-refractivity contribution in [3.8, 4) is 0 Å². The summed E-state index contributed by atoms with van der Waals surface area (Å²) in [6.07, 6.45) is 4.82. The Labute approximate surface area is 147 Å². The molecule has 6 nitrogen and oxygen atoms in total. The Kier molecular flexibility index (Phi) is 5.20. The summed E-state index contributed by atoms with van der Waals surface area (Å²) in [6.45, 7) is 5.64. The lowest BCUT2D eigenvalue weighted by Crippen LogP contribution is -2.47. The van der Waals surface area contributed by atoms with Gasteiger partial charge in [0.1, 0.15) is 6.04 Å². The maximum Gasteiger partial charge on any atom is 0.283 e. The van der Waals surface area contributed by atoms with Crippen molar-refractivity contribution in [1.82, 2.24) is 14.8 Å². The van der Waals surface area contributed by atoms with Crippen LogP contribution in [0.1, 0.15) is 53.5 Å². The molecule has 1 aliphatic carbocycles. The number of fused-ring (bicyclic) bond motifs is 1. The molecule has 0 radical (unpaired) electrons. The van der Waals surface area contributed by atoms with Gasteiger partial charge in [-0.05, 0) is 46.0 Å². The second-order valence-electron chi connectivity index (χ2n) is 6.58. The standard InChI is InChI=1S/C17H26N4O2S/c1-3-20(4-2)16(22)13-9-11(18)10-21(13)17(23)15-19-12-7-5-6-8-14(12)24-15/h11,13H,3-10,18H2,1-2H3/t11-,13+/m1/s1. The minimum atomic E-state index is -0.451. The summed E-state index contributed by atoms with van der Waals surface area (Å²) in [4.78, 5) is 34.9. The molecule has 0 aromatic carbocycles. The molecule has 0 saturated carbocycles. The van der Waals surface area contributed by atoms with E-state index in [-0.39, 0.29) is 17.9 Å².